The standard InChI is InChI=1S/C8H10AsNO5.C7H7NO2/c1-5(11)10-6-2-3-7(8(12)4-6)9(13,14)15;8-6-4-2-1-3-5(6)7(9)10/h2-4,12H,1H3,(H,10,11)(H2,13,14,15);1-4H,8H2,(H,9,10). The minimum absolute atomic E-state index is 0.155. The van der Waals surface area contributed by atoms with Gasteiger partial charge in [0.05, 0.1) is 5.56 Å². The topological polar surface area (TPSA) is 170 Å². The summed E-state index contributed by atoms with van der Waals surface area (Å²) in [6.45, 7) is 1.29. The van der Waals surface area contributed by atoms with Crippen LogP contribution in [0.3, 0.4) is 0 Å². The fraction of sp³-hybridized carbons (Fsp3) is 0.0667. The number of hydrogen-bond acceptors (Lipinski definition) is 5. The zero-order valence-corrected chi connectivity index (χ0v) is 15.0. The number of aromatic carboxylic acids is 1. The van der Waals surface area contributed by atoms with E-state index in [1.807, 2.05) is 0 Å². The average molecular weight is 412 g/mol. The van der Waals surface area contributed by atoms with Crippen LogP contribution in [-0.2, 0) is 8.53 Å². The van der Waals surface area contributed by atoms with Gasteiger partial charge in [-0.05, 0) is 12.1 Å². The monoisotopic (exact) mass is 412 g/mol. The van der Waals surface area contributed by atoms with E-state index >= 15 is 0 Å². The normalized spacial score (nSPS) is 10.4. The van der Waals surface area contributed by atoms with Crippen molar-refractivity contribution < 1.29 is 31.7 Å². The number of aromatic hydroxyl groups is 1. The molecule has 25 heavy (non-hydrogen) atoms. The first-order valence-corrected chi connectivity index (χ1v) is 10.1. The third-order valence-electron chi connectivity index (χ3n) is 2.80. The van der Waals surface area contributed by atoms with Crippen LogP contribution in [0.25, 0.3) is 0 Å². The Balaban J connectivity index is 0.000000271. The second-order valence-electron chi connectivity index (χ2n) is 4.82. The van der Waals surface area contributed by atoms with Crippen molar-refractivity contribution >= 4 is 41.8 Å². The number of phenols is 1. The number of rotatable bonds is 3. The summed E-state index contributed by atoms with van der Waals surface area (Å²) in [5.41, 5.74) is 6.08. The predicted molar refractivity (Wildman–Crippen MR) is 90.7 cm³/mol. The molecule has 2 aromatic rings. The molecule has 0 unspecified atom stereocenters. The van der Waals surface area contributed by atoms with Crippen LogP contribution in [0.4, 0.5) is 11.4 Å². The molecule has 0 aliphatic carbocycles. The third kappa shape index (κ3) is 6.34. The van der Waals surface area contributed by atoms with Gasteiger partial charge in [0.25, 0.3) is 0 Å². The number of carboxylic acids is 1. The molecule has 2 rings (SSSR count). The Labute approximate surface area is 145 Å². The summed E-state index contributed by atoms with van der Waals surface area (Å²) in [6.07, 6.45) is 0. The minimum Gasteiger partial charge on any atom is -0.478 e. The maximum absolute atomic E-state index is 10.9. The molecule has 0 saturated carbocycles. The first-order valence-electron chi connectivity index (χ1n) is 6.77. The van der Waals surface area contributed by atoms with Crippen LogP contribution in [0.2, 0.25) is 0 Å². The molecule has 0 radical (unpaired) electrons. The molecular weight excluding hydrogens is 395 g/mol. The van der Waals surface area contributed by atoms with E-state index in [0.717, 1.165) is 12.1 Å². The van der Waals surface area contributed by atoms with Gasteiger partial charge in [0, 0.05) is 5.69 Å². The molecule has 134 valence electrons. The Morgan fingerprint density at radius 2 is 1.72 bits per heavy atom. The van der Waals surface area contributed by atoms with Crippen LogP contribution in [0.15, 0.2) is 42.5 Å². The molecule has 0 aliphatic heterocycles. The largest absolute Gasteiger partial charge is 0.478 e. The molecule has 2 aromatic carbocycles. The molecule has 0 spiro atoms. The van der Waals surface area contributed by atoms with E-state index in [2.05, 4.69) is 5.32 Å². The minimum atomic E-state index is -5.09. The number of nitrogens with two attached hydrogens (primary N) is 1. The molecule has 9 nitrogen and oxygen atoms in total. The van der Waals surface area contributed by atoms with Crippen LogP contribution in [0, 0.1) is 0 Å². The van der Waals surface area contributed by atoms with Gasteiger partial charge in [0.2, 0.25) is 0 Å². The van der Waals surface area contributed by atoms with E-state index in [1.165, 1.54) is 19.1 Å². The molecular formula is C15H17AsN2O7. The molecule has 0 heterocycles. The van der Waals surface area contributed by atoms with Crippen molar-refractivity contribution in [3.63, 3.8) is 0 Å². The fourth-order valence-corrected chi connectivity index (χ4v) is 3.07. The van der Waals surface area contributed by atoms with Crippen LogP contribution < -0.4 is 15.4 Å². The molecule has 7 N–H and O–H groups in total. The molecule has 10 heteroatoms. The zero-order valence-electron chi connectivity index (χ0n) is 13.1. The Morgan fingerprint density at radius 1 is 1.12 bits per heavy atom. The van der Waals surface area contributed by atoms with E-state index in [-0.39, 0.29) is 17.2 Å². The van der Waals surface area contributed by atoms with Gasteiger partial charge in [-0.1, -0.05) is 12.1 Å². The summed E-state index contributed by atoms with van der Waals surface area (Å²) >= 11 is -5.09. The van der Waals surface area contributed by atoms with Crippen LogP contribution in [0.5, 0.6) is 5.75 Å². The first kappa shape index (κ1) is 20.3. The van der Waals surface area contributed by atoms with E-state index in [4.69, 9.17) is 19.0 Å². The Hall–Kier alpha value is -2.74. The van der Waals surface area contributed by atoms with Crippen molar-refractivity contribution in [2.24, 2.45) is 0 Å². The third-order valence-corrected chi connectivity index (χ3v) is 4.91. The van der Waals surface area contributed by atoms with Crippen molar-refractivity contribution in [3.05, 3.63) is 48.0 Å². The molecule has 0 aliphatic rings. The maximum Gasteiger partial charge on any atom is 0.337 e. The number of benzene rings is 2. The smallest absolute Gasteiger partial charge is 0.337 e. The second-order valence-corrected chi connectivity index (χ2v) is 8.11. The van der Waals surface area contributed by atoms with E-state index in [1.54, 1.807) is 18.2 Å². The van der Waals surface area contributed by atoms with Gasteiger partial charge in [0.1, 0.15) is 0 Å². The average Bonchev–Trinajstić information content (AvgIpc) is 2.46. The number of nitrogen functional groups attached to an aromatic ring is 1. The van der Waals surface area contributed by atoms with Gasteiger partial charge in [-0.3, -0.25) is 0 Å². The van der Waals surface area contributed by atoms with Crippen LogP contribution in [-0.4, -0.2) is 44.5 Å². The number of carbonyl (C=O) groups excluding carboxylic acids is 1. The van der Waals surface area contributed by atoms with Crippen molar-refractivity contribution in [1.29, 1.82) is 0 Å². The fourth-order valence-electron chi connectivity index (χ4n) is 1.74. The number of amides is 1. The number of hydrogen-bond donors (Lipinski definition) is 6. The SMILES string of the molecule is CC(=O)Nc1ccc([As](=O)(O)O)c(O)c1.Nc1ccccc1C(=O)O. The zero-order chi connectivity index (χ0) is 19.2. The maximum atomic E-state index is 10.9. The summed E-state index contributed by atoms with van der Waals surface area (Å²) in [4.78, 5) is 21.0. The Morgan fingerprint density at radius 3 is 2.12 bits per heavy atom. The summed E-state index contributed by atoms with van der Waals surface area (Å²) in [5.74, 6) is -1.84. The van der Waals surface area contributed by atoms with E-state index < -0.39 is 30.2 Å². The van der Waals surface area contributed by atoms with Gasteiger partial charge in [-0.2, -0.15) is 0 Å². The number of para-hydroxylation sites is 1. The quantitative estimate of drug-likeness (QED) is 0.299. The molecule has 0 aromatic heterocycles. The molecule has 0 bridgehead atoms. The van der Waals surface area contributed by atoms with E-state index in [9.17, 15) is 18.4 Å². The Kier molecular flexibility index (Phi) is 6.81. The molecule has 0 atom stereocenters. The predicted octanol–water partition coefficient (Wildman–Crippen LogP) is -0.121. The summed E-state index contributed by atoms with van der Waals surface area (Å²) in [6, 6.07) is 9.87. The van der Waals surface area contributed by atoms with Gasteiger partial charge >= 0.3 is 94.1 Å². The van der Waals surface area contributed by atoms with Gasteiger partial charge in [-0.15, -0.1) is 0 Å². The van der Waals surface area contributed by atoms with Gasteiger partial charge in [-0.25, -0.2) is 4.79 Å². The van der Waals surface area contributed by atoms with Crippen molar-refractivity contribution in [1.82, 2.24) is 0 Å². The second kappa shape index (κ2) is 8.38. The number of phenolic OH excluding ortho intramolecular Hbond substituents is 1. The number of carboxylic acid groups (broad SMARTS) is 1. The van der Waals surface area contributed by atoms with Crippen molar-refractivity contribution in [2.75, 3.05) is 11.1 Å². The number of carbonyl (C=O) groups is 2. The van der Waals surface area contributed by atoms with Crippen LogP contribution in [0.1, 0.15) is 17.3 Å². The summed E-state index contributed by atoms with van der Waals surface area (Å²) in [5, 5.41) is 20.2. The van der Waals surface area contributed by atoms with Gasteiger partial charge in [0.15, 0.2) is 0 Å². The van der Waals surface area contributed by atoms with Crippen molar-refractivity contribution in [3.8, 4) is 5.75 Å². The summed E-state index contributed by atoms with van der Waals surface area (Å²) in [7, 11) is 0. The number of anilines is 2. The van der Waals surface area contributed by atoms with Gasteiger partial charge < -0.3 is 10.8 Å². The first-order chi connectivity index (χ1) is 11.5. The number of nitrogens with one attached hydrogen (secondary N) is 1. The molecule has 1 amide bonds. The molecule has 0 saturated heterocycles. The van der Waals surface area contributed by atoms with E-state index in [0.29, 0.717) is 5.69 Å². The molecule has 0 fully saturated rings. The Bertz CT molecular complexity index is 832. The van der Waals surface area contributed by atoms with Crippen LogP contribution >= 0.6 is 0 Å². The summed E-state index contributed by atoms with van der Waals surface area (Å²) < 4.78 is 28.2. The van der Waals surface area contributed by atoms with Crippen molar-refractivity contribution in [2.45, 2.75) is 6.92 Å².